The first-order valence-electron chi connectivity index (χ1n) is 5.85. The van der Waals surface area contributed by atoms with Crippen LogP contribution in [0.1, 0.15) is 10.4 Å². The normalized spacial score (nSPS) is 17.7. The number of hydrogen-bond donors (Lipinski definition) is 2. The van der Waals surface area contributed by atoms with E-state index in [1.54, 1.807) is 18.2 Å². The molecule has 1 aromatic carbocycles. The number of amides is 1. The predicted octanol–water partition coefficient (Wildman–Crippen LogP) is 0.923. The quantitative estimate of drug-likeness (QED) is 0.797. The molecule has 2 rings (SSSR count). The summed E-state index contributed by atoms with van der Waals surface area (Å²) in [4.78, 5) is 14.3. The zero-order valence-corrected chi connectivity index (χ0v) is 11.9. The van der Waals surface area contributed by atoms with Crippen LogP contribution in [-0.4, -0.2) is 49.0 Å². The third-order valence-corrected chi connectivity index (χ3v) is 3.40. The molecule has 0 saturated carbocycles. The average molecular weight is 313 g/mol. The van der Waals surface area contributed by atoms with Crippen molar-refractivity contribution in [1.29, 1.82) is 0 Å². The van der Waals surface area contributed by atoms with E-state index in [9.17, 15) is 4.79 Å². The Morgan fingerprint density at radius 1 is 1.28 bits per heavy atom. The summed E-state index contributed by atoms with van der Waals surface area (Å²) in [6, 6.07) is 5.21. The van der Waals surface area contributed by atoms with E-state index < -0.39 is 0 Å². The van der Waals surface area contributed by atoms with Gasteiger partial charge in [0.05, 0.1) is 0 Å². The molecule has 0 spiro atoms. The zero-order valence-electron chi connectivity index (χ0n) is 10.3. The molecule has 18 heavy (non-hydrogen) atoms. The molecule has 6 heteroatoms. The van der Waals surface area contributed by atoms with Crippen molar-refractivity contribution >= 4 is 27.5 Å². The Hall–Kier alpha value is -1.11. The molecule has 0 bridgehead atoms. The molecule has 3 N–H and O–H groups in total. The standard InChI is InChI=1S/C12H17BrN4O/c1-16-2-4-17(5-3-16)15-12(18)9-6-10(13)8-11(14)7-9/h6-8H,2-5,14H2,1H3,(H,15,18). The van der Waals surface area contributed by atoms with Gasteiger partial charge in [-0.15, -0.1) is 0 Å². The molecule has 1 amide bonds. The first-order valence-corrected chi connectivity index (χ1v) is 6.64. The number of hydrogen-bond acceptors (Lipinski definition) is 4. The highest BCUT2D eigenvalue weighted by Gasteiger charge is 2.16. The van der Waals surface area contributed by atoms with Crippen LogP contribution >= 0.6 is 15.9 Å². The lowest BCUT2D eigenvalue weighted by atomic mass is 10.2. The van der Waals surface area contributed by atoms with Crippen LogP contribution in [0.5, 0.6) is 0 Å². The molecule has 0 radical (unpaired) electrons. The number of nitrogen functional groups attached to an aromatic ring is 1. The third-order valence-electron chi connectivity index (χ3n) is 2.95. The molecule has 1 saturated heterocycles. The average Bonchev–Trinajstić information content (AvgIpc) is 2.31. The lowest BCUT2D eigenvalue weighted by molar-refractivity contribution is 0.0662. The van der Waals surface area contributed by atoms with E-state index in [0.717, 1.165) is 30.7 Å². The molecule has 1 aromatic rings. The van der Waals surface area contributed by atoms with E-state index in [1.807, 2.05) is 5.01 Å². The summed E-state index contributed by atoms with van der Waals surface area (Å²) in [5, 5.41) is 1.94. The highest BCUT2D eigenvalue weighted by atomic mass is 79.9. The first kappa shape index (κ1) is 13.3. The van der Waals surface area contributed by atoms with Crippen molar-refractivity contribution in [2.75, 3.05) is 39.0 Å². The summed E-state index contributed by atoms with van der Waals surface area (Å²) < 4.78 is 0.811. The van der Waals surface area contributed by atoms with E-state index in [1.165, 1.54) is 0 Å². The summed E-state index contributed by atoms with van der Waals surface area (Å²) in [5.74, 6) is -0.118. The minimum absolute atomic E-state index is 0.118. The lowest BCUT2D eigenvalue weighted by Crippen LogP contribution is -2.52. The van der Waals surface area contributed by atoms with Gasteiger partial charge in [0.15, 0.2) is 0 Å². The summed E-state index contributed by atoms with van der Waals surface area (Å²) in [5.41, 5.74) is 9.77. The SMILES string of the molecule is CN1CCN(NC(=O)c2cc(N)cc(Br)c2)CC1. The molecular weight excluding hydrogens is 296 g/mol. The van der Waals surface area contributed by atoms with Gasteiger partial charge in [-0.1, -0.05) is 15.9 Å². The minimum atomic E-state index is -0.118. The molecule has 98 valence electrons. The Kier molecular flexibility index (Phi) is 4.21. The highest BCUT2D eigenvalue weighted by molar-refractivity contribution is 9.10. The lowest BCUT2D eigenvalue weighted by Gasteiger charge is -2.32. The number of rotatable bonds is 2. The van der Waals surface area contributed by atoms with Gasteiger partial charge in [-0.3, -0.25) is 10.2 Å². The monoisotopic (exact) mass is 312 g/mol. The fraction of sp³-hybridized carbons (Fsp3) is 0.417. The number of anilines is 1. The maximum atomic E-state index is 12.1. The number of nitrogens with two attached hydrogens (primary N) is 1. The molecular formula is C12H17BrN4O. The van der Waals surface area contributed by atoms with Gasteiger partial charge in [0.2, 0.25) is 0 Å². The fourth-order valence-corrected chi connectivity index (χ4v) is 2.38. The Bertz CT molecular complexity index is 423. The van der Waals surface area contributed by atoms with E-state index in [2.05, 4.69) is 33.3 Å². The second-order valence-electron chi connectivity index (χ2n) is 4.50. The topological polar surface area (TPSA) is 61.6 Å². The van der Waals surface area contributed by atoms with Crippen molar-refractivity contribution in [3.8, 4) is 0 Å². The largest absolute Gasteiger partial charge is 0.399 e. The van der Waals surface area contributed by atoms with Crippen LogP contribution in [0.2, 0.25) is 0 Å². The van der Waals surface area contributed by atoms with Crippen LogP contribution < -0.4 is 11.2 Å². The van der Waals surface area contributed by atoms with Crippen LogP contribution in [0, 0.1) is 0 Å². The number of carbonyl (C=O) groups excluding carboxylic acids is 1. The molecule has 0 atom stereocenters. The van der Waals surface area contributed by atoms with E-state index >= 15 is 0 Å². The molecule has 1 aliphatic rings. The maximum absolute atomic E-state index is 12.1. The Labute approximate surface area is 115 Å². The Morgan fingerprint density at radius 3 is 2.56 bits per heavy atom. The van der Waals surface area contributed by atoms with Crippen molar-refractivity contribution in [2.24, 2.45) is 0 Å². The van der Waals surface area contributed by atoms with Crippen LogP contribution in [0.4, 0.5) is 5.69 Å². The molecule has 0 unspecified atom stereocenters. The number of piperazine rings is 1. The smallest absolute Gasteiger partial charge is 0.265 e. The number of hydrazine groups is 1. The second-order valence-corrected chi connectivity index (χ2v) is 5.42. The number of likely N-dealkylation sites (N-methyl/N-ethyl adjacent to an activating group) is 1. The zero-order chi connectivity index (χ0) is 13.1. The van der Waals surface area contributed by atoms with Gasteiger partial charge in [-0.05, 0) is 25.2 Å². The van der Waals surface area contributed by atoms with Crippen molar-refractivity contribution in [3.05, 3.63) is 28.2 Å². The number of benzene rings is 1. The van der Waals surface area contributed by atoms with Crippen LogP contribution in [-0.2, 0) is 0 Å². The summed E-state index contributed by atoms with van der Waals surface area (Å²) in [6.45, 7) is 3.60. The molecule has 1 fully saturated rings. The molecule has 1 aliphatic heterocycles. The van der Waals surface area contributed by atoms with E-state index in [0.29, 0.717) is 11.3 Å². The van der Waals surface area contributed by atoms with Gasteiger partial charge in [0.25, 0.3) is 5.91 Å². The number of carbonyl (C=O) groups is 1. The molecule has 0 aliphatic carbocycles. The predicted molar refractivity (Wildman–Crippen MR) is 75.1 cm³/mol. The van der Waals surface area contributed by atoms with Crippen molar-refractivity contribution in [2.45, 2.75) is 0 Å². The minimum Gasteiger partial charge on any atom is -0.399 e. The Balaban J connectivity index is 1.99. The van der Waals surface area contributed by atoms with Crippen molar-refractivity contribution in [3.63, 3.8) is 0 Å². The summed E-state index contributed by atoms with van der Waals surface area (Å²) >= 11 is 3.33. The first-order chi connectivity index (χ1) is 8.54. The highest BCUT2D eigenvalue weighted by Crippen LogP contribution is 2.17. The molecule has 0 aromatic heterocycles. The van der Waals surface area contributed by atoms with Gasteiger partial charge in [0.1, 0.15) is 0 Å². The number of nitrogens with zero attached hydrogens (tertiary/aromatic N) is 2. The van der Waals surface area contributed by atoms with Crippen LogP contribution in [0.15, 0.2) is 22.7 Å². The molecule has 5 nitrogen and oxygen atoms in total. The number of halogens is 1. The third kappa shape index (κ3) is 3.44. The van der Waals surface area contributed by atoms with Crippen LogP contribution in [0.3, 0.4) is 0 Å². The van der Waals surface area contributed by atoms with Crippen LogP contribution in [0.25, 0.3) is 0 Å². The fourth-order valence-electron chi connectivity index (χ4n) is 1.87. The maximum Gasteiger partial charge on any atom is 0.265 e. The Morgan fingerprint density at radius 2 is 1.94 bits per heavy atom. The number of nitrogens with one attached hydrogen (secondary N) is 1. The molecule has 1 heterocycles. The summed E-state index contributed by atoms with van der Waals surface area (Å²) in [7, 11) is 2.08. The van der Waals surface area contributed by atoms with Crippen molar-refractivity contribution in [1.82, 2.24) is 15.3 Å². The second kappa shape index (κ2) is 5.69. The van der Waals surface area contributed by atoms with Crippen molar-refractivity contribution < 1.29 is 4.79 Å². The van der Waals surface area contributed by atoms with Gasteiger partial charge in [-0.2, -0.15) is 0 Å². The van der Waals surface area contributed by atoms with Gasteiger partial charge >= 0.3 is 0 Å². The van der Waals surface area contributed by atoms with E-state index in [4.69, 9.17) is 5.73 Å². The van der Waals surface area contributed by atoms with Gasteiger partial charge in [-0.25, -0.2) is 5.01 Å². The van der Waals surface area contributed by atoms with Gasteiger partial charge < -0.3 is 10.6 Å². The van der Waals surface area contributed by atoms with E-state index in [-0.39, 0.29) is 5.91 Å². The summed E-state index contributed by atoms with van der Waals surface area (Å²) in [6.07, 6.45) is 0. The van der Waals surface area contributed by atoms with Gasteiger partial charge in [0, 0.05) is 41.9 Å².